The van der Waals surface area contributed by atoms with Crippen LogP contribution in [-0.4, -0.2) is 15.5 Å². The summed E-state index contributed by atoms with van der Waals surface area (Å²) in [7, 11) is -2.25. The largest absolute Gasteiger partial charge is 0.495 e. The number of thiophene rings is 1. The molecule has 1 aromatic carbocycles. The Hall–Kier alpha value is -0.950. The van der Waals surface area contributed by atoms with Crippen LogP contribution < -0.4 is 9.46 Å². The summed E-state index contributed by atoms with van der Waals surface area (Å²) in [4.78, 5) is 0. The lowest BCUT2D eigenvalue weighted by atomic mass is 10.2. The summed E-state index contributed by atoms with van der Waals surface area (Å²) in [5, 5.41) is 0.504. The highest BCUT2D eigenvalue weighted by Gasteiger charge is 2.19. The molecule has 0 aliphatic carbocycles. The Bertz CT molecular complexity index is 741. The number of anilines is 1. The first kappa shape index (κ1) is 15.4. The molecule has 0 atom stereocenters. The van der Waals surface area contributed by atoms with Gasteiger partial charge in [-0.2, -0.15) is 0 Å². The predicted molar refractivity (Wildman–Crippen MR) is 82.9 cm³/mol. The number of rotatable bonds is 4. The average Bonchev–Trinajstić information content (AvgIpc) is 2.81. The molecule has 4 nitrogen and oxygen atoms in total. The van der Waals surface area contributed by atoms with Gasteiger partial charge in [0.15, 0.2) is 0 Å². The molecule has 0 saturated heterocycles. The Labute approximate surface area is 131 Å². The molecule has 0 amide bonds. The van der Waals surface area contributed by atoms with Gasteiger partial charge in [0.05, 0.1) is 17.1 Å². The molecule has 0 aliphatic heterocycles. The van der Waals surface area contributed by atoms with Gasteiger partial charge in [0.1, 0.15) is 9.96 Å². The topological polar surface area (TPSA) is 55.4 Å². The Balaban J connectivity index is 2.41. The SMILES string of the molecule is COc1cc(Cl)c(C)cc1NS(=O)(=O)c1ccc(Cl)s1. The molecule has 0 bridgehead atoms. The molecular weight excluding hydrogens is 341 g/mol. The average molecular weight is 352 g/mol. The fourth-order valence-corrected chi connectivity index (χ4v) is 4.25. The number of nitrogens with one attached hydrogen (secondary N) is 1. The first-order valence-corrected chi connectivity index (χ1v) is 8.51. The second-order valence-electron chi connectivity index (χ2n) is 3.97. The van der Waals surface area contributed by atoms with Gasteiger partial charge in [0.25, 0.3) is 10.0 Å². The molecule has 0 saturated carbocycles. The van der Waals surface area contributed by atoms with Crippen molar-refractivity contribution in [2.24, 2.45) is 0 Å². The summed E-state index contributed by atoms with van der Waals surface area (Å²) >= 11 is 12.7. The lowest BCUT2D eigenvalue weighted by molar-refractivity contribution is 0.417. The lowest BCUT2D eigenvalue weighted by Crippen LogP contribution is -2.12. The fourth-order valence-electron chi connectivity index (χ4n) is 1.55. The van der Waals surface area contributed by atoms with Gasteiger partial charge in [-0.1, -0.05) is 23.2 Å². The molecule has 108 valence electrons. The van der Waals surface area contributed by atoms with Crippen molar-refractivity contribution in [3.8, 4) is 5.75 Å². The van der Waals surface area contributed by atoms with Crippen LogP contribution in [0.5, 0.6) is 5.75 Å². The van der Waals surface area contributed by atoms with Crippen LogP contribution in [0.15, 0.2) is 28.5 Å². The van der Waals surface area contributed by atoms with Gasteiger partial charge in [-0.25, -0.2) is 8.42 Å². The van der Waals surface area contributed by atoms with Crippen LogP contribution in [0.3, 0.4) is 0 Å². The van der Waals surface area contributed by atoms with Crippen molar-refractivity contribution in [2.75, 3.05) is 11.8 Å². The molecule has 0 radical (unpaired) electrons. The van der Waals surface area contributed by atoms with Crippen molar-refractivity contribution in [3.05, 3.63) is 39.2 Å². The van der Waals surface area contributed by atoms with Crippen LogP contribution in [0.2, 0.25) is 9.36 Å². The Morgan fingerprint density at radius 3 is 2.50 bits per heavy atom. The maximum atomic E-state index is 12.2. The van der Waals surface area contributed by atoms with Gasteiger partial charge < -0.3 is 4.74 Å². The molecule has 1 aromatic heterocycles. The quantitative estimate of drug-likeness (QED) is 0.898. The zero-order valence-electron chi connectivity index (χ0n) is 10.6. The standard InChI is InChI=1S/C12H11Cl2NO3S2/c1-7-5-9(10(18-2)6-8(7)13)15-20(16,17)12-4-3-11(14)19-12/h3-6,15H,1-2H3. The highest BCUT2D eigenvalue weighted by atomic mass is 35.5. The smallest absolute Gasteiger partial charge is 0.271 e. The summed E-state index contributed by atoms with van der Waals surface area (Å²) in [5.74, 6) is 0.354. The van der Waals surface area contributed by atoms with Gasteiger partial charge >= 0.3 is 0 Å². The first-order chi connectivity index (χ1) is 9.33. The number of halogens is 2. The second kappa shape index (κ2) is 5.81. The molecule has 1 heterocycles. The molecule has 8 heteroatoms. The second-order valence-corrected chi connectivity index (χ2v) is 8.00. The molecular formula is C12H11Cl2NO3S2. The highest BCUT2D eigenvalue weighted by Crippen LogP contribution is 2.34. The number of benzene rings is 1. The van der Waals surface area contributed by atoms with E-state index < -0.39 is 10.0 Å². The van der Waals surface area contributed by atoms with E-state index in [-0.39, 0.29) is 4.21 Å². The molecule has 0 fully saturated rings. The van der Waals surface area contributed by atoms with E-state index in [1.807, 2.05) is 0 Å². The monoisotopic (exact) mass is 351 g/mol. The van der Waals surface area contributed by atoms with Gasteiger partial charge in [-0.05, 0) is 30.7 Å². The van der Waals surface area contributed by atoms with Crippen molar-refractivity contribution in [1.82, 2.24) is 0 Å². The summed E-state index contributed by atoms with van der Waals surface area (Å²) < 4.78 is 32.6. The third kappa shape index (κ3) is 3.20. The molecule has 0 spiro atoms. The van der Waals surface area contributed by atoms with Crippen LogP contribution in [0.1, 0.15) is 5.56 Å². The normalized spacial score (nSPS) is 11.4. The summed E-state index contributed by atoms with van der Waals surface area (Å²) in [6.07, 6.45) is 0. The van der Waals surface area contributed by atoms with E-state index in [1.54, 1.807) is 19.1 Å². The van der Waals surface area contributed by atoms with Crippen LogP contribution >= 0.6 is 34.5 Å². The maximum absolute atomic E-state index is 12.2. The van der Waals surface area contributed by atoms with E-state index in [0.717, 1.165) is 16.9 Å². The Kier molecular flexibility index (Phi) is 4.49. The molecule has 2 aromatic rings. The number of methoxy groups -OCH3 is 1. The number of ether oxygens (including phenoxy) is 1. The van der Waals surface area contributed by atoms with Crippen LogP contribution in [-0.2, 0) is 10.0 Å². The molecule has 0 unspecified atom stereocenters. The summed E-state index contributed by atoms with van der Waals surface area (Å²) in [6, 6.07) is 6.17. The van der Waals surface area contributed by atoms with E-state index in [2.05, 4.69) is 4.72 Å². The van der Waals surface area contributed by atoms with Crippen molar-refractivity contribution >= 4 is 50.2 Å². The predicted octanol–water partition coefficient (Wildman–Crippen LogP) is 4.17. The lowest BCUT2D eigenvalue weighted by Gasteiger charge is -2.12. The minimum atomic E-state index is -3.69. The van der Waals surface area contributed by atoms with E-state index >= 15 is 0 Å². The maximum Gasteiger partial charge on any atom is 0.271 e. The van der Waals surface area contributed by atoms with Gasteiger partial charge in [0.2, 0.25) is 0 Å². The number of hydrogen-bond acceptors (Lipinski definition) is 4. The van der Waals surface area contributed by atoms with Gasteiger partial charge in [-0.15, -0.1) is 11.3 Å². The molecule has 2 rings (SSSR count). The van der Waals surface area contributed by atoms with E-state index in [0.29, 0.717) is 20.8 Å². The van der Waals surface area contributed by atoms with Gasteiger partial charge in [-0.3, -0.25) is 4.72 Å². The third-order valence-corrected chi connectivity index (χ3v) is 6.03. The molecule has 1 N–H and O–H groups in total. The number of aryl methyl sites for hydroxylation is 1. The summed E-state index contributed by atoms with van der Waals surface area (Å²) in [6.45, 7) is 1.78. The zero-order chi connectivity index (χ0) is 14.9. The molecule has 20 heavy (non-hydrogen) atoms. The minimum absolute atomic E-state index is 0.136. The van der Waals surface area contributed by atoms with Crippen molar-refractivity contribution < 1.29 is 13.2 Å². The van der Waals surface area contributed by atoms with Gasteiger partial charge in [0, 0.05) is 11.1 Å². The fraction of sp³-hybridized carbons (Fsp3) is 0.167. The van der Waals surface area contributed by atoms with E-state index in [4.69, 9.17) is 27.9 Å². The van der Waals surface area contributed by atoms with Crippen LogP contribution in [0.4, 0.5) is 5.69 Å². The van der Waals surface area contributed by atoms with Crippen molar-refractivity contribution in [1.29, 1.82) is 0 Å². The Morgan fingerprint density at radius 2 is 1.95 bits per heavy atom. The Morgan fingerprint density at radius 1 is 1.25 bits per heavy atom. The highest BCUT2D eigenvalue weighted by molar-refractivity contribution is 7.94. The zero-order valence-corrected chi connectivity index (χ0v) is 13.8. The first-order valence-electron chi connectivity index (χ1n) is 5.46. The minimum Gasteiger partial charge on any atom is -0.495 e. The number of hydrogen-bond donors (Lipinski definition) is 1. The van der Waals surface area contributed by atoms with Crippen LogP contribution in [0, 0.1) is 6.92 Å². The van der Waals surface area contributed by atoms with Crippen molar-refractivity contribution in [2.45, 2.75) is 11.1 Å². The van der Waals surface area contributed by atoms with E-state index in [1.165, 1.54) is 19.2 Å². The van der Waals surface area contributed by atoms with E-state index in [9.17, 15) is 8.42 Å². The van der Waals surface area contributed by atoms with Crippen molar-refractivity contribution in [3.63, 3.8) is 0 Å². The summed E-state index contributed by atoms with van der Waals surface area (Å²) in [5.41, 5.74) is 1.08. The third-order valence-electron chi connectivity index (χ3n) is 2.54. The van der Waals surface area contributed by atoms with Crippen LogP contribution in [0.25, 0.3) is 0 Å². The number of sulfonamides is 1. The molecule has 0 aliphatic rings.